The van der Waals surface area contributed by atoms with Gasteiger partial charge in [0, 0.05) is 24.7 Å². The summed E-state index contributed by atoms with van der Waals surface area (Å²) in [7, 11) is -3.19. The zero-order chi connectivity index (χ0) is 24.3. The Morgan fingerprint density at radius 2 is 2.06 bits per heavy atom. The van der Waals surface area contributed by atoms with Crippen molar-refractivity contribution in [3.05, 3.63) is 71.8 Å². The monoisotopic (exact) mass is 481 g/mol. The molecule has 8 nitrogen and oxygen atoms in total. The summed E-state index contributed by atoms with van der Waals surface area (Å²) in [6.45, 7) is 4.93. The van der Waals surface area contributed by atoms with Gasteiger partial charge in [-0.1, -0.05) is 18.2 Å². The summed E-state index contributed by atoms with van der Waals surface area (Å²) in [5.41, 5.74) is 9.13. The number of allylic oxidation sites excluding steroid dienone is 1. The summed E-state index contributed by atoms with van der Waals surface area (Å²) in [4.78, 5) is 12.9. The topological polar surface area (TPSA) is 114 Å². The molecular weight excluding hydrogens is 450 g/mol. The normalized spacial score (nSPS) is 17.4. The number of sulfonamides is 1. The van der Waals surface area contributed by atoms with Crippen LogP contribution in [0.2, 0.25) is 0 Å². The van der Waals surface area contributed by atoms with E-state index in [0.29, 0.717) is 31.8 Å². The number of hydrogen-bond donors (Lipinski definition) is 2. The highest BCUT2D eigenvalue weighted by atomic mass is 32.2. The number of aryl methyl sites for hydroxylation is 1. The summed E-state index contributed by atoms with van der Waals surface area (Å²) in [6.07, 6.45) is 7.48. The third-order valence-electron chi connectivity index (χ3n) is 6.09. The second-order valence-corrected chi connectivity index (χ2v) is 10.6. The van der Waals surface area contributed by atoms with Crippen LogP contribution in [0.3, 0.4) is 0 Å². The van der Waals surface area contributed by atoms with E-state index < -0.39 is 10.0 Å². The lowest BCUT2D eigenvalue weighted by molar-refractivity contribution is 0.131. The highest BCUT2D eigenvalue weighted by molar-refractivity contribution is 7.88. The van der Waals surface area contributed by atoms with Crippen molar-refractivity contribution in [2.75, 3.05) is 19.3 Å². The van der Waals surface area contributed by atoms with Crippen LogP contribution in [0, 0.1) is 6.92 Å². The van der Waals surface area contributed by atoms with E-state index in [0.717, 1.165) is 33.4 Å². The average Bonchev–Trinajstić information content (AvgIpc) is 3.33. The van der Waals surface area contributed by atoms with E-state index in [2.05, 4.69) is 11.1 Å². The number of aromatic amines is 1. The Morgan fingerprint density at radius 3 is 2.71 bits per heavy atom. The molecule has 1 fully saturated rings. The van der Waals surface area contributed by atoms with Crippen LogP contribution in [-0.4, -0.2) is 53.9 Å². The van der Waals surface area contributed by atoms with Gasteiger partial charge in [-0.25, -0.2) is 17.7 Å². The number of piperidine rings is 1. The van der Waals surface area contributed by atoms with Crippen LogP contribution in [0.15, 0.2) is 59.9 Å². The first-order chi connectivity index (χ1) is 16.3. The van der Waals surface area contributed by atoms with Gasteiger partial charge < -0.3 is 15.5 Å². The number of rotatable bonds is 7. The summed E-state index contributed by atoms with van der Waals surface area (Å²) in [6, 6.07) is 11.8. The highest BCUT2D eigenvalue weighted by Gasteiger charge is 2.27. The van der Waals surface area contributed by atoms with Crippen LogP contribution < -0.4 is 10.5 Å². The Bertz CT molecular complexity index is 1310. The Kier molecular flexibility index (Phi) is 7.04. The molecule has 0 aliphatic carbocycles. The molecule has 0 spiro atoms. The number of nitrogens with zero attached hydrogens (tertiary/aromatic N) is 3. The summed E-state index contributed by atoms with van der Waals surface area (Å²) < 4.78 is 31.6. The number of nitrogens with two attached hydrogens (primary N) is 1. The minimum absolute atomic E-state index is 0.1000. The number of aromatic nitrogens is 2. The van der Waals surface area contributed by atoms with Gasteiger partial charge in [0.25, 0.3) is 0 Å². The second kappa shape index (κ2) is 9.99. The summed E-state index contributed by atoms with van der Waals surface area (Å²) in [5.74, 6) is 0.571. The predicted octanol–water partition coefficient (Wildman–Crippen LogP) is 3.70. The number of ether oxygens (including phenoxy) is 1. The van der Waals surface area contributed by atoms with Crippen LogP contribution in [0.25, 0.3) is 10.8 Å². The molecule has 9 heteroatoms. The molecule has 1 aromatic carbocycles. The fraction of sp³-hybridized carbons (Fsp3) is 0.360. The molecule has 180 valence electrons. The van der Waals surface area contributed by atoms with E-state index in [4.69, 9.17) is 20.4 Å². The van der Waals surface area contributed by atoms with E-state index in [-0.39, 0.29) is 12.1 Å². The largest absolute Gasteiger partial charge is 0.474 e. The first kappa shape index (κ1) is 24.0. The zero-order valence-corrected chi connectivity index (χ0v) is 20.5. The maximum Gasteiger partial charge on any atom is 0.222 e. The molecule has 1 atom stereocenters. The SMILES string of the molecule is Cc1cccc2cc(C(C)N=C(C=CN)c3ccc[nH]3)nc(OC3CCN(S(C)(=O)=O)CC3)c12. The predicted molar refractivity (Wildman–Crippen MR) is 136 cm³/mol. The van der Waals surface area contributed by atoms with Crippen molar-refractivity contribution in [1.29, 1.82) is 0 Å². The van der Waals surface area contributed by atoms with Crippen molar-refractivity contribution in [3.8, 4) is 5.88 Å². The first-order valence-corrected chi connectivity index (χ1v) is 13.2. The van der Waals surface area contributed by atoms with Gasteiger partial charge >= 0.3 is 0 Å². The van der Waals surface area contributed by atoms with Crippen LogP contribution in [0.4, 0.5) is 0 Å². The molecule has 0 radical (unpaired) electrons. The second-order valence-electron chi connectivity index (χ2n) is 8.64. The van der Waals surface area contributed by atoms with Gasteiger partial charge in [-0.15, -0.1) is 0 Å². The summed E-state index contributed by atoms with van der Waals surface area (Å²) >= 11 is 0. The standard InChI is InChI=1S/C25H31N5O3S/c1-17-6-4-7-19-16-23(18(2)28-22(9-12-26)21-8-5-13-27-21)29-25(24(17)19)33-20-10-14-30(15-11-20)34(3,31)32/h4-9,12-13,16,18,20,27H,10-11,14-15,26H2,1-3H3. The molecule has 3 heterocycles. The van der Waals surface area contributed by atoms with E-state index in [9.17, 15) is 8.42 Å². The fourth-order valence-electron chi connectivity index (χ4n) is 4.26. The van der Waals surface area contributed by atoms with Crippen molar-refractivity contribution < 1.29 is 13.2 Å². The zero-order valence-electron chi connectivity index (χ0n) is 19.7. The molecule has 1 unspecified atom stereocenters. The number of H-pyrrole nitrogens is 1. The maximum atomic E-state index is 11.9. The first-order valence-electron chi connectivity index (χ1n) is 11.4. The Labute approximate surface area is 200 Å². The van der Waals surface area contributed by atoms with Gasteiger partial charge in [0.05, 0.1) is 29.4 Å². The van der Waals surface area contributed by atoms with Gasteiger partial charge in [0.2, 0.25) is 15.9 Å². The quantitative estimate of drug-likeness (QED) is 0.500. The summed E-state index contributed by atoms with van der Waals surface area (Å²) in [5, 5.41) is 2.01. The van der Waals surface area contributed by atoms with E-state index in [1.54, 1.807) is 6.08 Å². The molecule has 3 N–H and O–H groups in total. The van der Waals surface area contributed by atoms with Gasteiger partial charge in [-0.3, -0.25) is 4.99 Å². The molecule has 34 heavy (non-hydrogen) atoms. The molecule has 2 aromatic heterocycles. The van der Waals surface area contributed by atoms with Gasteiger partial charge in [0.15, 0.2) is 0 Å². The number of aliphatic imine (C=N–C) groups is 1. The minimum Gasteiger partial charge on any atom is -0.474 e. The average molecular weight is 482 g/mol. The fourth-order valence-corrected chi connectivity index (χ4v) is 5.14. The van der Waals surface area contributed by atoms with Crippen LogP contribution in [0.5, 0.6) is 5.88 Å². The van der Waals surface area contributed by atoms with Crippen molar-refractivity contribution in [1.82, 2.24) is 14.3 Å². The van der Waals surface area contributed by atoms with E-state index >= 15 is 0 Å². The van der Waals surface area contributed by atoms with Gasteiger partial charge in [0.1, 0.15) is 6.10 Å². The lowest BCUT2D eigenvalue weighted by atomic mass is 10.0. The van der Waals surface area contributed by atoms with E-state index in [1.807, 2.05) is 50.4 Å². The van der Waals surface area contributed by atoms with Gasteiger partial charge in [-0.2, -0.15) is 0 Å². The molecule has 1 aliphatic rings. The molecule has 0 amide bonds. The molecule has 0 saturated carbocycles. The lowest BCUT2D eigenvalue weighted by Gasteiger charge is -2.30. The number of pyridine rings is 1. The smallest absolute Gasteiger partial charge is 0.222 e. The Morgan fingerprint density at radius 1 is 1.29 bits per heavy atom. The van der Waals surface area contributed by atoms with E-state index in [1.165, 1.54) is 16.8 Å². The minimum atomic E-state index is -3.19. The molecule has 3 aromatic rings. The van der Waals surface area contributed by atoms with Crippen molar-refractivity contribution in [2.24, 2.45) is 10.7 Å². The van der Waals surface area contributed by atoms with Gasteiger partial charge in [-0.05, 0) is 68.1 Å². The molecule has 1 aliphatic heterocycles. The van der Waals surface area contributed by atoms with Crippen molar-refractivity contribution in [3.63, 3.8) is 0 Å². The Balaban J connectivity index is 1.67. The third-order valence-corrected chi connectivity index (χ3v) is 7.39. The highest BCUT2D eigenvalue weighted by Crippen LogP contribution is 2.32. The molecular formula is C25H31N5O3S. The molecule has 1 saturated heterocycles. The lowest BCUT2D eigenvalue weighted by Crippen LogP contribution is -2.41. The van der Waals surface area contributed by atoms with Crippen molar-refractivity contribution in [2.45, 2.75) is 38.8 Å². The number of hydrogen-bond acceptors (Lipinski definition) is 6. The van der Waals surface area contributed by atoms with Crippen LogP contribution >= 0.6 is 0 Å². The van der Waals surface area contributed by atoms with Crippen molar-refractivity contribution >= 4 is 26.5 Å². The van der Waals surface area contributed by atoms with Crippen LogP contribution in [0.1, 0.15) is 42.8 Å². The number of fused-ring (bicyclic) bond motifs is 1. The molecule has 4 rings (SSSR count). The van der Waals surface area contributed by atoms with Crippen LogP contribution in [-0.2, 0) is 10.0 Å². The molecule has 0 bridgehead atoms. The number of nitrogens with one attached hydrogen (secondary N) is 1. The third kappa shape index (κ3) is 5.31. The number of benzene rings is 1. The Hall–Kier alpha value is -3.17. The maximum absolute atomic E-state index is 11.9.